The van der Waals surface area contributed by atoms with Crippen LogP contribution >= 0.6 is 0 Å². The maximum atomic E-state index is 11.8. The summed E-state index contributed by atoms with van der Waals surface area (Å²) < 4.78 is 13.5. The van der Waals surface area contributed by atoms with Crippen LogP contribution in [0.4, 0.5) is 0 Å². The third-order valence-electron chi connectivity index (χ3n) is 3.18. The molecule has 22 heavy (non-hydrogen) atoms. The predicted octanol–water partition coefficient (Wildman–Crippen LogP) is 1.06. The molecular formula is C14H18N4O4. The summed E-state index contributed by atoms with van der Waals surface area (Å²) in [5.41, 5.74) is 0. The highest BCUT2D eigenvalue weighted by molar-refractivity contribution is 6.29. The average Bonchev–Trinajstić information content (AvgIpc) is 3.06. The topological polar surface area (TPSA) is 88.2 Å². The van der Waals surface area contributed by atoms with Crippen LogP contribution in [0.15, 0.2) is 24.8 Å². The lowest BCUT2D eigenvalue weighted by Crippen LogP contribution is -2.24. The van der Waals surface area contributed by atoms with Gasteiger partial charge < -0.3 is 18.6 Å². The van der Waals surface area contributed by atoms with Crippen LogP contribution in [0.2, 0.25) is 0 Å². The van der Waals surface area contributed by atoms with Crippen molar-refractivity contribution in [1.82, 2.24) is 19.1 Å². The Balaban J connectivity index is 1.94. The van der Waals surface area contributed by atoms with Crippen LogP contribution in [0.1, 0.15) is 37.7 Å². The van der Waals surface area contributed by atoms with Crippen molar-refractivity contribution in [3.8, 4) is 0 Å². The second-order valence-electron chi connectivity index (χ2n) is 4.89. The molecule has 0 amide bonds. The molecule has 2 unspecified atom stereocenters. The summed E-state index contributed by atoms with van der Waals surface area (Å²) in [6, 6.07) is 0. The van der Waals surface area contributed by atoms with Crippen molar-refractivity contribution in [2.45, 2.75) is 26.1 Å². The number of aryl methyl sites for hydroxylation is 2. The summed E-state index contributed by atoms with van der Waals surface area (Å²) >= 11 is 0. The summed E-state index contributed by atoms with van der Waals surface area (Å²) in [4.78, 5) is 31.7. The quantitative estimate of drug-likeness (QED) is 0.620. The van der Waals surface area contributed by atoms with Gasteiger partial charge in [0.05, 0.1) is 0 Å². The van der Waals surface area contributed by atoms with Gasteiger partial charge in [-0.1, -0.05) is 0 Å². The first-order valence-corrected chi connectivity index (χ1v) is 6.76. The van der Waals surface area contributed by atoms with Gasteiger partial charge in [0.2, 0.25) is 0 Å². The Morgan fingerprint density at radius 3 is 1.55 bits per heavy atom. The van der Waals surface area contributed by atoms with E-state index in [1.165, 1.54) is 0 Å². The molecule has 0 fully saturated rings. The monoisotopic (exact) mass is 306 g/mol. The summed E-state index contributed by atoms with van der Waals surface area (Å²) in [6.45, 7) is 3.27. The van der Waals surface area contributed by atoms with E-state index in [0.29, 0.717) is 11.6 Å². The molecule has 2 aromatic heterocycles. The fraction of sp³-hybridized carbons (Fsp3) is 0.429. The molecule has 0 saturated heterocycles. The first-order valence-electron chi connectivity index (χ1n) is 6.76. The number of carbonyl (C=O) groups excluding carboxylic acids is 2. The minimum Gasteiger partial charge on any atom is -0.446 e. The van der Waals surface area contributed by atoms with Crippen LogP contribution in [0, 0.1) is 0 Å². The number of imidazole rings is 2. The van der Waals surface area contributed by atoms with E-state index in [0.717, 1.165) is 0 Å². The molecule has 0 N–H and O–H groups in total. The molecule has 8 heteroatoms. The van der Waals surface area contributed by atoms with Gasteiger partial charge in [0.15, 0.2) is 12.2 Å². The largest absolute Gasteiger partial charge is 0.446 e. The number of ether oxygens (including phenoxy) is 2. The van der Waals surface area contributed by atoms with E-state index in [1.54, 1.807) is 61.9 Å². The Morgan fingerprint density at radius 1 is 0.909 bits per heavy atom. The van der Waals surface area contributed by atoms with Crippen LogP contribution in [0.25, 0.3) is 0 Å². The molecule has 2 aromatic rings. The van der Waals surface area contributed by atoms with Crippen molar-refractivity contribution in [1.29, 1.82) is 0 Å². The molecule has 2 atom stereocenters. The zero-order valence-corrected chi connectivity index (χ0v) is 12.9. The van der Waals surface area contributed by atoms with Gasteiger partial charge in [-0.15, -0.1) is 0 Å². The molecule has 0 aliphatic heterocycles. The molecule has 0 spiro atoms. The van der Waals surface area contributed by atoms with Crippen molar-refractivity contribution >= 4 is 11.9 Å². The summed E-state index contributed by atoms with van der Waals surface area (Å²) in [7, 11) is 3.54. The molecule has 0 aromatic carbocycles. The highest BCUT2D eigenvalue weighted by Gasteiger charge is 2.26. The standard InChI is InChI=1S/C14H18N4O4/c1-9(11-15-5-7-17(11)3)21-13(19)14(20)22-10(2)12-16-6-8-18(12)4/h5-10H,1-4H3. The molecule has 118 valence electrons. The number of aromatic nitrogens is 4. The summed E-state index contributed by atoms with van der Waals surface area (Å²) in [6.07, 6.45) is 5.32. The smallest absolute Gasteiger partial charge is 0.418 e. The van der Waals surface area contributed by atoms with Crippen LogP contribution in [-0.2, 0) is 33.2 Å². The van der Waals surface area contributed by atoms with E-state index in [9.17, 15) is 9.59 Å². The van der Waals surface area contributed by atoms with E-state index in [-0.39, 0.29) is 0 Å². The van der Waals surface area contributed by atoms with Crippen LogP contribution < -0.4 is 0 Å². The predicted molar refractivity (Wildman–Crippen MR) is 75.4 cm³/mol. The molecule has 0 radical (unpaired) electrons. The van der Waals surface area contributed by atoms with E-state index in [1.807, 2.05) is 0 Å². The van der Waals surface area contributed by atoms with Crippen molar-refractivity contribution in [3.63, 3.8) is 0 Å². The Bertz CT molecular complexity index is 618. The van der Waals surface area contributed by atoms with Crippen LogP contribution in [0.3, 0.4) is 0 Å². The van der Waals surface area contributed by atoms with Gasteiger partial charge in [-0.25, -0.2) is 19.6 Å². The summed E-state index contributed by atoms with van der Waals surface area (Å²) in [5.74, 6) is -1.04. The zero-order valence-electron chi connectivity index (χ0n) is 12.9. The zero-order chi connectivity index (χ0) is 16.3. The molecule has 0 bridgehead atoms. The van der Waals surface area contributed by atoms with E-state index < -0.39 is 24.1 Å². The van der Waals surface area contributed by atoms with E-state index in [2.05, 4.69) is 9.97 Å². The number of hydrogen-bond donors (Lipinski definition) is 0. The SMILES string of the molecule is CC(OC(=O)C(=O)OC(C)c1nccn1C)c1nccn1C. The molecule has 0 aliphatic rings. The number of hydrogen-bond acceptors (Lipinski definition) is 6. The van der Waals surface area contributed by atoms with Crippen molar-refractivity contribution in [2.24, 2.45) is 14.1 Å². The molecule has 0 saturated carbocycles. The van der Waals surface area contributed by atoms with Gasteiger partial charge in [0, 0.05) is 38.9 Å². The van der Waals surface area contributed by atoms with Gasteiger partial charge in [-0.3, -0.25) is 0 Å². The maximum Gasteiger partial charge on any atom is 0.418 e. The third kappa shape index (κ3) is 3.33. The van der Waals surface area contributed by atoms with Gasteiger partial charge in [-0.2, -0.15) is 0 Å². The number of esters is 2. The Hall–Kier alpha value is -2.64. The maximum absolute atomic E-state index is 11.8. The Morgan fingerprint density at radius 2 is 1.27 bits per heavy atom. The van der Waals surface area contributed by atoms with Crippen molar-refractivity contribution < 1.29 is 19.1 Å². The summed E-state index contributed by atoms with van der Waals surface area (Å²) in [5, 5.41) is 0. The highest BCUT2D eigenvalue weighted by atomic mass is 16.6. The normalized spacial score (nSPS) is 13.5. The van der Waals surface area contributed by atoms with Crippen LogP contribution in [0.5, 0.6) is 0 Å². The van der Waals surface area contributed by atoms with Gasteiger partial charge >= 0.3 is 11.9 Å². The first kappa shape index (κ1) is 15.7. The van der Waals surface area contributed by atoms with Crippen molar-refractivity contribution in [2.75, 3.05) is 0 Å². The second-order valence-corrected chi connectivity index (χ2v) is 4.89. The lowest BCUT2D eigenvalue weighted by molar-refractivity contribution is -0.174. The molecule has 2 heterocycles. The molecular weight excluding hydrogens is 288 g/mol. The van der Waals surface area contributed by atoms with Gasteiger partial charge in [-0.05, 0) is 13.8 Å². The number of nitrogens with zero attached hydrogens (tertiary/aromatic N) is 4. The first-order chi connectivity index (χ1) is 10.4. The fourth-order valence-corrected chi connectivity index (χ4v) is 2.06. The second kappa shape index (κ2) is 6.42. The Kier molecular flexibility index (Phi) is 4.59. The van der Waals surface area contributed by atoms with E-state index >= 15 is 0 Å². The average molecular weight is 306 g/mol. The lowest BCUT2D eigenvalue weighted by Gasteiger charge is -2.15. The van der Waals surface area contributed by atoms with Gasteiger partial charge in [0.1, 0.15) is 11.6 Å². The fourth-order valence-electron chi connectivity index (χ4n) is 2.06. The minimum absolute atomic E-state index is 0.540. The molecule has 2 rings (SSSR count). The van der Waals surface area contributed by atoms with Crippen LogP contribution in [-0.4, -0.2) is 31.0 Å². The molecule has 8 nitrogen and oxygen atoms in total. The van der Waals surface area contributed by atoms with Crippen molar-refractivity contribution in [3.05, 3.63) is 36.4 Å². The lowest BCUT2D eigenvalue weighted by atomic mass is 10.3. The number of rotatable bonds is 4. The van der Waals surface area contributed by atoms with Gasteiger partial charge in [0.25, 0.3) is 0 Å². The highest BCUT2D eigenvalue weighted by Crippen LogP contribution is 2.17. The minimum atomic E-state index is -1.06. The molecule has 0 aliphatic carbocycles. The number of carbonyl (C=O) groups is 2. The third-order valence-corrected chi connectivity index (χ3v) is 3.18. The Labute approximate surface area is 127 Å². The van der Waals surface area contributed by atoms with E-state index in [4.69, 9.17) is 9.47 Å².